The van der Waals surface area contributed by atoms with Gasteiger partial charge in [0.1, 0.15) is 0 Å². The summed E-state index contributed by atoms with van der Waals surface area (Å²) in [6.45, 7) is 0.662. The summed E-state index contributed by atoms with van der Waals surface area (Å²) in [6, 6.07) is 13.7. The Labute approximate surface area is 132 Å². The molecule has 3 nitrogen and oxygen atoms in total. The Balaban J connectivity index is 2.08. The fourth-order valence-corrected chi connectivity index (χ4v) is 2.89. The van der Waals surface area contributed by atoms with E-state index in [-0.39, 0.29) is 0 Å². The molecule has 106 valence electrons. The molecule has 0 saturated heterocycles. The molecule has 2 aromatic carbocycles. The van der Waals surface area contributed by atoms with E-state index in [2.05, 4.69) is 15.7 Å². The van der Waals surface area contributed by atoms with E-state index in [0.717, 1.165) is 22.0 Å². The lowest BCUT2D eigenvalue weighted by Gasteiger charge is -2.08. The number of hydrogen-bond acceptors (Lipinski definition) is 2. The van der Waals surface area contributed by atoms with Crippen LogP contribution >= 0.6 is 23.2 Å². The SMILES string of the molecule is NN=Cc1cn(Cc2ccc(Cl)cc2Cl)c2ccccc12. The monoisotopic (exact) mass is 317 g/mol. The first-order valence-corrected chi connectivity index (χ1v) is 7.19. The predicted molar refractivity (Wildman–Crippen MR) is 89.3 cm³/mol. The maximum absolute atomic E-state index is 6.25. The van der Waals surface area contributed by atoms with Gasteiger partial charge in [-0.15, -0.1) is 0 Å². The van der Waals surface area contributed by atoms with Gasteiger partial charge >= 0.3 is 0 Å². The zero-order valence-electron chi connectivity index (χ0n) is 11.1. The van der Waals surface area contributed by atoms with Crippen LogP contribution in [0.2, 0.25) is 10.0 Å². The highest BCUT2D eigenvalue weighted by Crippen LogP contribution is 2.25. The van der Waals surface area contributed by atoms with Crippen LogP contribution in [0, 0.1) is 0 Å². The maximum atomic E-state index is 6.25. The minimum Gasteiger partial charge on any atom is -0.342 e. The van der Waals surface area contributed by atoms with Crippen LogP contribution in [0.4, 0.5) is 0 Å². The number of para-hydroxylation sites is 1. The molecule has 0 amide bonds. The molecule has 0 atom stereocenters. The van der Waals surface area contributed by atoms with Gasteiger partial charge in [0.2, 0.25) is 0 Å². The standard InChI is InChI=1S/C16H13Cl2N3/c17-13-6-5-11(15(18)7-13)9-21-10-12(8-20-19)14-3-1-2-4-16(14)21/h1-8,10H,9,19H2. The Bertz CT molecular complexity index is 822. The molecular formula is C16H13Cl2N3. The summed E-state index contributed by atoms with van der Waals surface area (Å²) >= 11 is 12.2. The molecule has 1 aromatic heterocycles. The number of rotatable bonds is 3. The van der Waals surface area contributed by atoms with Gasteiger partial charge in [-0.3, -0.25) is 0 Å². The van der Waals surface area contributed by atoms with E-state index >= 15 is 0 Å². The van der Waals surface area contributed by atoms with E-state index in [1.54, 1.807) is 12.3 Å². The molecule has 0 unspecified atom stereocenters. The van der Waals surface area contributed by atoms with Crippen molar-refractivity contribution in [3.05, 3.63) is 69.8 Å². The molecule has 3 aromatic rings. The lowest BCUT2D eigenvalue weighted by molar-refractivity contribution is 0.836. The van der Waals surface area contributed by atoms with Crippen LogP contribution < -0.4 is 5.84 Å². The van der Waals surface area contributed by atoms with Crippen molar-refractivity contribution in [2.24, 2.45) is 10.9 Å². The van der Waals surface area contributed by atoms with Crippen molar-refractivity contribution in [1.82, 2.24) is 4.57 Å². The summed E-state index contributed by atoms with van der Waals surface area (Å²) in [4.78, 5) is 0. The third-order valence-corrected chi connectivity index (χ3v) is 3.98. The second-order valence-electron chi connectivity index (χ2n) is 4.74. The largest absolute Gasteiger partial charge is 0.342 e. The third kappa shape index (κ3) is 2.75. The molecule has 5 heteroatoms. The summed E-state index contributed by atoms with van der Waals surface area (Å²) in [5.74, 6) is 5.28. The van der Waals surface area contributed by atoms with Gasteiger partial charge in [-0.25, -0.2) is 0 Å². The molecule has 2 N–H and O–H groups in total. The summed E-state index contributed by atoms with van der Waals surface area (Å²) < 4.78 is 2.13. The lowest BCUT2D eigenvalue weighted by atomic mass is 10.2. The van der Waals surface area contributed by atoms with Crippen molar-refractivity contribution < 1.29 is 0 Å². The third-order valence-electron chi connectivity index (χ3n) is 3.39. The highest BCUT2D eigenvalue weighted by Gasteiger charge is 2.09. The fraction of sp³-hybridized carbons (Fsp3) is 0.0625. The highest BCUT2D eigenvalue weighted by molar-refractivity contribution is 6.35. The van der Waals surface area contributed by atoms with Crippen LogP contribution in [0.15, 0.2) is 53.8 Å². The lowest BCUT2D eigenvalue weighted by Crippen LogP contribution is -1.98. The van der Waals surface area contributed by atoms with E-state index in [0.29, 0.717) is 16.6 Å². The zero-order chi connectivity index (χ0) is 14.8. The van der Waals surface area contributed by atoms with Crippen molar-refractivity contribution in [2.75, 3.05) is 0 Å². The number of aromatic nitrogens is 1. The van der Waals surface area contributed by atoms with E-state index in [4.69, 9.17) is 29.0 Å². The molecule has 0 aliphatic carbocycles. The molecule has 0 saturated carbocycles. The van der Waals surface area contributed by atoms with E-state index in [9.17, 15) is 0 Å². The number of hydrogen-bond donors (Lipinski definition) is 1. The van der Waals surface area contributed by atoms with Crippen LogP contribution in [0.25, 0.3) is 10.9 Å². The summed E-state index contributed by atoms with van der Waals surface area (Å²) in [6.07, 6.45) is 3.67. The molecule has 0 bridgehead atoms. The second-order valence-corrected chi connectivity index (χ2v) is 5.59. The predicted octanol–water partition coefficient (Wildman–Crippen LogP) is 4.29. The van der Waals surface area contributed by atoms with Gasteiger partial charge in [0, 0.05) is 39.3 Å². The average molecular weight is 318 g/mol. The van der Waals surface area contributed by atoms with Crippen LogP contribution in [0.1, 0.15) is 11.1 Å². The van der Waals surface area contributed by atoms with E-state index in [1.807, 2.05) is 36.5 Å². The molecule has 0 spiro atoms. The molecule has 0 fully saturated rings. The van der Waals surface area contributed by atoms with Gasteiger partial charge in [-0.2, -0.15) is 5.10 Å². The van der Waals surface area contributed by atoms with Gasteiger partial charge in [0.15, 0.2) is 0 Å². The zero-order valence-corrected chi connectivity index (χ0v) is 12.6. The number of benzene rings is 2. The van der Waals surface area contributed by atoms with Gasteiger partial charge in [0.25, 0.3) is 0 Å². The van der Waals surface area contributed by atoms with Crippen molar-refractivity contribution in [3.8, 4) is 0 Å². The minimum absolute atomic E-state index is 0.636. The minimum atomic E-state index is 0.636. The first-order valence-electron chi connectivity index (χ1n) is 6.44. The maximum Gasteiger partial charge on any atom is 0.0559 e. The molecule has 21 heavy (non-hydrogen) atoms. The molecule has 0 radical (unpaired) electrons. The first-order chi connectivity index (χ1) is 10.2. The van der Waals surface area contributed by atoms with Crippen molar-refractivity contribution >= 4 is 40.3 Å². The Kier molecular flexibility index (Phi) is 3.86. The van der Waals surface area contributed by atoms with Crippen LogP contribution in [0.3, 0.4) is 0 Å². The van der Waals surface area contributed by atoms with Crippen molar-refractivity contribution in [2.45, 2.75) is 6.54 Å². The van der Waals surface area contributed by atoms with Gasteiger partial charge in [-0.05, 0) is 23.8 Å². The van der Waals surface area contributed by atoms with Crippen molar-refractivity contribution in [3.63, 3.8) is 0 Å². The summed E-state index contributed by atoms with van der Waals surface area (Å²) in [5, 5.41) is 6.03. The highest BCUT2D eigenvalue weighted by atomic mass is 35.5. The Hall–Kier alpha value is -1.97. The summed E-state index contributed by atoms with van der Waals surface area (Å²) in [5.41, 5.74) is 3.11. The Morgan fingerprint density at radius 2 is 1.95 bits per heavy atom. The number of nitrogens with zero attached hydrogens (tertiary/aromatic N) is 2. The van der Waals surface area contributed by atoms with Crippen LogP contribution in [-0.4, -0.2) is 10.8 Å². The van der Waals surface area contributed by atoms with Crippen LogP contribution in [-0.2, 0) is 6.54 Å². The number of nitrogens with two attached hydrogens (primary N) is 1. The number of fused-ring (bicyclic) bond motifs is 1. The van der Waals surface area contributed by atoms with Crippen LogP contribution in [0.5, 0.6) is 0 Å². The molecule has 3 rings (SSSR count). The first kappa shape index (κ1) is 14.0. The van der Waals surface area contributed by atoms with E-state index in [1.165, 1.54) is 0 Å². The normalized spacial score (nSPS) is 11.5. The number of hydrazone groups is 1. The fourth-order valence-electron chi connectivity index (χ4n) is 2.42. The Morgan fingerprint density at radius 1 is 1.14 bits per heavy atom. The van der Waals surface area contributed by atoms with Gasteiger partial charge in [-0.1, -0.05) is 47.5 Å². The average Bonchev–Trinajstić information content (AvgIpc) is 2.81. The molecular weight excluding hydrogens is 305 g/mol. The number of halogens is 2. The van der Waals surface area contributed by atoms with Gasteiger partial charge < -0.3 is 10.4 Å². The molecule has 1 heterocycles. The Morgan fingerprint density at radius 3 is 2.71 bits per heavy atom. The van der Waals surface area contributed by atoms with Crippen molar-refractivity contribution in [1.29, 1.82) is 0 Å². The quantitative estimate of drug-likeness (QED) is 0.437. The smallest absolute Gasteiger partial charge is 0.0559 e. The molecule has 0 aliphatic heterocycles. The topological polar surface area (TPSA) is 43.3 Å². The second kappa shape index (κ2) is 5.80. The summed E-state index contributed by atoms with van der Waals surface area (Å²) in [7, 11) is 0. The van der Waals surface area contributed by atoms with Gasteiger partial charge in [0.05, 0.1) is 6.21 Å². The molecule has 0 aliphatic rings. The van der Waals surface area contributed by atoms with E-state index < -0.39 is 0 Å².